The average molecular weight is 531 g/mol. The summed E-state index contributed by atoms with van der Waals surface area (Å²) in [6.07, 6.45) is 10.7. The van der Waals surface area contributed by atoms with Crippen molar-refractivity contribution >= 4 is 46.2 Å². The quantitative estimate of drug-likeness (QED) is 0.343. The lowest BCUT2D eigenvalue weighted by Gasteiger charge is -2.32. The number of carbonyl (C=O) groups is 2. The number of halogens is 1. The van der Waals surface area contributed by atoms with Crippen LogP contribution < -0.4 is 10.6 Å². The Labute approximate surface area is 221 Å². The molecule has 8 heteroatoms. The first-order valence-corrected chi connectivity index (χ1v) is 14.9. The van der Waals surface area contributed by atoms with Crippen LogP contribution in [0.3, 0.4) is 0 Å². The zero-order valence-electron chi connectivity index (χ0n) is 20.8. The Morgan fingerprint density at radius 3 is 2.61 bits per heavy atom. The number of amides is 1. The van der Waals surface area contributed by atoms with Gasteiger partial charge in [-0.25, -0.2) is 4.79 Å². The van der Waals surface area contributed by atoms with Crippen molar-refractivity contribution in [1.29, 1.82) is 0 Å². The van der Waals surface area contributed by atoms with Crippen molar-refractivity contribution in [1.82, 2.24) is 5.32 Å². The third kappa shape index (κ3) is 6.91. The maximum atomic E-state index is 12.4. The first kappa shape index (κ1) is 26.7. The van der Waals surface area contributed by atoms with Gasteiger partial charge in [0.1, 0.15) is 0 Å². The Balaban J connectivity index is 1.51. The summed E-state index contributed by atoms with van der Waals surface area (Å²) in [5.41, 5.74) is 4.42. The summed E-state index contributed by atoms with van der Waals surface area (Å²) in [5.74, 6) is 1.59. The van der Waals surface area contributed by atoms with Crippen LogP contribution in [-0.2, 0) is 16.2 Å². The van der Waals surface area contributed by atoms with Gasteiger partial charge in [-0.3, -0.25) is 9.74 Å². The second-order valence-corrected chi connectivity index (χ2v) is 11.7. The summed E-state index contributed by atoms with van der Waals surface area (Å²) in [5, 5.41) is 6.46. The second-order valence-electron chi connectivity index (χ2n) is 9.45. The van der Waals surface area contributed by atoms with Crippen LogP contribution in [0.25, 0.3) is 5.57 Å². The molecular weight excluding hydrogens is 495 g/mol. The minimum atomic E-state index is -0.995. The number of thioether (sulfide) groups is 1. The third-order valence-corrected chi connectivity index (χ3v) is 9.33. The molecule has 0 radical (unpaired) electrons. The molecule has 1 aromatic carbocycles. The third-order valence-electron chi connectivity index (χ3n) is 7.07. The van der Waals surface area contributed by atoms with Gasteiger partial charge in [0.05, 0.1) is 12.5 Å². The number of hydrogen-bond donors (Lipinski definition) is 2. The smallest absolute Gasteiger partial charge is 0.350 e. The van der Waals surface area contributed by atoms with Crippen molar-refractivity contribution in [3.8, 4) is 0 Å². The van der Waals surface area contributed by atoms with Crippen LogP contribution in [0, 0.1) is 5.92 Å². The van der Waals surface area contributed by atoms with Crippen LogP contribution in [0.4, 0.5) is 10.2 Å². The predicted octanol–water partition coefficient (Wildman–Crippen LogP) is 7.11. The summed E-state index contributed by atoms with van der Waals surface area (Å²) in [6.45, 7) is 2.28. The summed E-state index contributed by atoms with van der Waals surface area (Å²) >= 11 is 3.96. The van der Waals surface area contributed by atoms with Crippen molar-refractivity contribution in [2.45, 2.75) is 64.3 Å². The van der Waals surface area contributed by atoms with Gasteiger partial charge in [0.2, 0.25) is 0 Å². The van der Waals surface area contributed by atoms with Crippen LogP contribution in [0.5, 0.6) is 0 Å². The van der Waals surface area contributed by atoms with Gasteiger partial charge in [0.15, 0.2) is 0 Å². The predicted molar refractivity (Wildman–Crippen MR) is 147 cm³/mol. The topological polar surface area (TPSA) is 67.4 Å². The summed E-state index contributed by atoms with van der Waals surface area (Å²) < 4.78 is 11.8. The number of benzene rings is 1. The minimum Gasteiger partial charge on any atom is -0.378 e. The lowest BCUT2D eigenvalue weighted by molar-refractivity contribution is -0.183. The highest BCUT2D eigenvalue weighted by molar-refractivity contribution is 7.99. The molecule has 1 saturated carbocycles. The SMILES string of the molecule is CCc1sc(C2=CCSCC2)cc1C(Nc1ccc(C(=O)NCCC(=O)OF)cc1)C1CCCCC1. The van der Waals surface area contributed by atoms with Crippen LogP contribution in [-0.4, -0.2) is 29.9 Å². The number of thiophene rings is 1. The van der Waals surface area contributed by atoms with E-state index in [0.29, 0.717) is 11.5 Å². The molecule has 2 heterocycles. The van der Waals surface area contributed by atoms with E-state index in [1.54, 1.807) is 12.1 Å². The molecule has 1 amide bonds. The lowest BCUT2D eigenvalue weighted by Crippen LogP contribution is -2.26. The van der Waals surface area contributed by atoms with Gasteiger partial charge >= 0.3 is 5.97 Å². The van der Waals surface area contributed by atoms with Crippen molar-refractivity contribution < 1.29 is 19.1 Å². The molecule has 0 bridgehead atoms. The zero-order chi connectivity index (χ0) is 25.3. The van der Waals surface area contributed by atoms with E-state index in [9.17, 15) is 14.1 Å². The highest BCUT2D eigenvalue weighted by atomic mass is 32.2. The van der Waals surface area contributed by atoms with E-state index in [4.69, 9.17) is 0 Å². The van der Waals surface area contributed by atoms with E-state index in [1.165, 1.54) is 58.7 Å². The van der Waals surface area contributed by atoms with Crippen LogP contribution in [0.15, 0.2) is 36.4 Å². The van der Waals surface area contributed by atoms with Gasteiger partial charge in [0, 0.05) is 37.8 Å². The maximum absolute atomic E-state index is 12.4. The Morgan fingerprint density at radius 2 is 1.94 bits per heavy atom. The van der Waals surface area contributed by atoms with Gasteiger partial charge in [-0.2, -0.15) is 11.8 Å². The number of anilines is 1. The molecule has 36 heavy (non-hydrogen) atoms. The van der Waals surface area contributed by atoms with Crippen molar-refractivity contribution in [3.05, 3.63) is 57.3 Å². The maximum Gasteiger partial charge on any atom is 0.350 e. The second kappa shape index (κ2) is 13.3. The Morgan fingerprint density at radius 1 is 1.17 bits per heavy atom. The Bertz CT molecular complexity index is 1060. The Hall–Kier alpha value is -2.32. The van der Waals surface area contributed by atoms with E-state index in [-0.39, 0.29) is 24.9 Å². The number of allylic oxidation sites excluding steroid dienone is 1. The molecule has 2 aliphatic rings. The summed E-state index contributed by atoms with van der Waals surface area (Å²) in [6, 6.07) is 10.2. The van der Waals surface area contributed by atoms with E-state index in [1.807, 2.05) is 35.2 Å². The molecule has 1 aliphatic carbocycles. The normalized spacial score (nSPS) is 17.2. The van der Waals surface area contributed by atoms with Gasteiger partial charge in [-0.05, 0) is 78.8 Å². The van der Waals surface area contributed by atoms with Crippen molar-refractivity contribution in [3.63, 3.8) is 0 Å². The van der Waals surface area contributed by atoms with Crippen molar-refractivity contribution in [2.24, 2.45) is 5.92 Å². The summed E-state index contributed by atoms with van der Waals surface area (Å²) in [7, 11) is 0. The number of hydrogen-bond acceptors (Lipinski definition) is 6. The molecule has 194 valence electrons. The van der Waals surface area contributed by atoms with Gasteiger partial charge in [-0.15, -0.1) is 11.3 Å². The van der Waals surface area contributed by atoms with E-state index in [0.717, 1.165) is 24.3 Å². The zero-order valence-corrected chi connectivity index (χ0v) is 22.4. The minimum absolute atomic E-state index is 0.0285. The number of aryl methyl sites for hydroxylation is 1. The number of carbonyl (C=O) groups excluding carboxylic acids is 2. The highest BCUT2D eigenvalue weighted by Crippen LogP contribution is 2.42. The fourth-order valence-electron chi connectivity index (χ4n) is 5.12. The molecule has 2 N–H and O–H groups in total. The van der Waals surface area contributed by atoms with E-state index < -0.39 is 5.97 Å². The van der Waals surface area contributed by atoms with E-state index >= 15 is 0 Å². The molecule has 1 fully saturated rings. The first-order valence-electron chi connectivity index (χ1n) is 12.9. The largest absolute Gasteiger partial charge is 0.378 e. The van der Waals surface area contributed by atoms with Crippen LogP contribution in [0.2, 0.25) is 0 Å². The molecule has 1 aliphatic heterocycles. The molecule has 5 nitrogen and oxygen atoms in total. The average Bonchev–Trinajstić information content (AvgIpc) is 3.37. The molecule has 0 saturated heterocycles. The fraction of sp³-hybridized carbons (Fsp3) is 0.500. The standard InChI is InChI=1S/C28H35FN2O3S2/c1-2-24-23(18-25(36-24)19-13-16-35-17-14-19)27(20-6-4-3-5-7-20)31-22-10-8-21(9-11-22)28(33)30-15-12-26(32)34-29/h8-11,13,18,20,27,31H,2-7,12,14-17H2,1H3,(H,30,33). The number of nitrogens with one attached hydrogen (secondary N) is 2. The Kier molecular flexibility index (Phi) is 9.87. The summed E-state index contributed by atoms with van der Waals surface area (Å²) in [4.78, 5) is 29.3. The van der Waals surface area contributed by atoms with Gasteiger partial charge in [-0.1, -0.05) is 32.3 Å². The van der Waals surface area contributed by atoms with E-state index in [2.05, 4.69) is 34.6 Å². The molecular formula is C28H35FN2O3S2. The fourth-order valence-corrected chi connectivity index (χ4v) is 7.19. The monoisotopic (exact) mass is 530 g/mol. The molecule has 2 aromatic rings. The highest BCUT2D eigenvalue weighted by Gasteiger charge is 2.28. The first-order chi connectivity index (χ1) is 17.6. The molecule has 4 rings (SSSR count). The number of rotatable bonds is 10. The van der Waals surface area contributed by atoms with Crippen molar-refractivity contribution in [2.75, 3.05) is 23.4 Å². The van der Waals surface area contributed by atoms with Crippen LogP contribution in [0.1, 0.15) is 83.6 Å². The van der Waals surface area contributed by atoms with Crippen LogP contribution >= 0.6 is 23.1 Å². The molecule has 1 unspecified atom stereocenters. The molecule has 1 atom stereocenters. The lowest BCUT2D eigenvalue weighted by atomic mass is 9.80. The van der Waals surface area contributed by atoms with Gasteiger partial charge in [0.25, 0.3) is 5.91 Å². The molecule has 1 aromatic heterocycles. The van der Waals surface area contributed by atoms with Gasteiger partial charge < -0.3 is 10.6 Å². The molecule has 0 spiro atoms.